The molecule has 2 N–H and O–H groups in total. The van der Waals surface area contributed by atoms with E-state index in [0.717, 1.165) is 18.9 Å². The van der Waals surface area contributed by atoms with Crippen LogP contribution < -0.4 is 11.1 Å². The van der Waals surface area contributed by atoms with Crippen LogP contribution in [0.3, 0.4) is 0 Å². The predicted molar refractivity (Wildman–Crippen MR) is 55.1 cm³/mol. The van der Waals surface area contributed by atoms with E-state index < -0.39 is 5.76 Å². The summed E-state index contributed by atoms with van der Waals surface area (Å²) in [5.41, 5.74) is 2.26. The third-order valence-electron chi connectivity index (χ3n) is 2.43. The fraction of sp³-hybridized carbons (Fsp3) is 0.300. The molecule has 1 fully saturated rings. The van der Waals surface area contributed by atoms with Gasteiger partial charge in [-0.25, -0.2) is 4.79 Å². The SMILES string of the molecule is O=c1[nH]c2cc(NC3COC3)ccc2o1. The Morgan fingerprint density at radius 3 is 3.00 bits per heavy atom. The smallest absolute Gasteiger partial charge is 0.408 e. The Balaban J connectivity index is 1.94. The molecule has 1 aliphatic heterocycles. The first-order chi connectivity index (χ1) is 7.31. The third kappa shape index (κ3) is 1.50. The summed E-state index contributed by atoms with van der Waals surface area (Å²) in [4.78, 5) is 13.5. The Morgan fingerprint density at radius 2 is 2.27 bits per heavy atom. The van der Waals surface area contributed by atoms with Gasteiger partial charge in [-0.05, 0) is 18.2 Å². The van der Waals surface area contributed by atoms with E-state index in [1.165, 1.54) is 0 Å². The van der Waals surface area contributed by atoms with Crippen molar-refractivity contribution >= 4 is 16.8 Å². The number of nitrogens with one attached hydrogen (secondary N) is 2. The summed E-state index contributed by atoms with van der Waals surface area (Å²) in [6.45, 7) is 1.47. The number of benzene rings is 1. The highest BCUT2D eigenvalue weighted by Gasteiger charge is 2.17. The van der Waals surface area contributed by atoms with Crippen LogP contribution in [0, 0.1) is 0 Å². The van der Waals surface area contributed by atoms with Gasteiger partial charge in [-0.2, -0.15) is 0 Å². The summed E-state index contributed by atoms with van der Waals surface area (Å²) in [5.74, 6) is -0.422. The molecule has 2 heterocycles. The Hall–Kier alpha value is -1.75. The maximum atomic E-state index is 10.9. The highest BCUT2D eigenvalue weighted by molar-refractivity contribution is 5.76. The molecule has 1 aromatic carbocycles. The fourth-order valence-corrected chi connectivity index (χ4v) is 1.60. The van der Waals surface area contributed by atoms with E-state index in [-0.39, 0.29) is 0 Å². The maximum Gasteiger partial charge on any atom is 0.417 e. The van der Waals surface area contributed by atoms with E-state index >= 15 is 0 Å². The average molecular weight is 206 g/mol. The van der Waals surface area contributed by atoms with Gasteiger partial charge >= 0.3 is 5.76 Å². The molecule has 3 rings (SSSR count). The molecule has 5 heteroatoms. The molecule has 0 saturated carbocycles. The number of H-pyrrole nitrogens is 1. The van der Waals surface area contributed by atoms with Gasteiger partial charge in [0.15, 0.2) is 5.58 Å². The lowest BCUT2D eigenvalue weighted by atomic mass is 10.2. The van der Waals surface area contributed by atoms with Gasteiger partial charge in [-0.1, -0.05) is 0 Å². The molecular formula is C10H10N2O3. The second-order valence-corrected chi connectivity index (χ2v) is 3.60. The number of fused-ring (bicyclic) bond motifs is 1. The van der Waals surface area contributed by atoms with Crippen LogP contribution in [-0.4, -0.2) is 24.2 Å². The molecule has 0 bridgehead atoms. The summed E-state index contributed by atoms with van der Waals surface area (Å²) < 4.78 is 9.96. The molecule has 1 aromatic heterocycles. The molecule has 0 amide bonds. The second kappa shape index (κ2) is 3.13. The number of hydrogen-bond donors (Lipinski definition) is 2. The Morgan fingerprint density at radius 1 is 1.40 bits per heavy atom. The van der Waals surface area contributed by atoms with E-state index in [4.69, 9.17) is 9.15 Å². The first-order valence-electron chi connectivity index (χ1n) is 4.78. The number of hydrogen-bond acceptors (Lipinski definition) is 4. The second-order valence-electron chi connectivity index (χ2n) is 3.60. The fourth-order valence-electron chi connectivity index (χ4n) is 1.60. The maximum absolute atomic E-state index is 10.9. The van der Waals surface area contributed by atoms with Crippen molar-refractivity contribution in [1.29, 1.82) is 0 Å². The summed E-state index contributed by atoms with van der Waals surface area (Å²) >= 11 is 0. The van der Waals surface area contributed by atoms with Crippen molar-refractivity contribution in [3.05, 3.63) is 28.7 Å². The molecule has 0 unspecified atom stereocenters. The van der Waals surface area contributed by atoms with Gasteiger partial charge < -0.3 is 14.5 Å². The molecule has 0 spiro atoms. The number of ether oxygens (including phenoxy) is 1. The lowest BCUT2D eigenvalue weighted by molar-refractivity contribution is 0.0211. The standard InChI is InChI=1S/C10H10N2O3/c13-10-12-8-3-6(1-2-9(8)15-10)11-7-4-14-5-7/h1-3,7,11H,4-5H2,(H,12,13). The van der Waals surface area contributed by atoms with Crippen molar-refractivity contribution in [2.45, 2.75) is 6.04 Å². The molecule has 0 aliphatic carbocycles. The Bertz CT molecular complexity index is 539. The van der Waals surface area contributed by atoms with Crippen LogP contribution in [0.15, 0.2) is 27.4 Å². The summed E-state index contributed by atoms with van der Waals surface area (Å²) in [6, 6.07) is 5.89. The van der Waals surface area contributed by atoms with Crippen molar-refractivity contribution in [3.8, 4) is 0 Å². The minimum absolute atomic E-state index is 0.376. The Labute approximate surface area is 85.0 Å². The number of aromatic amines is 1. The largest absolute Gasteiger partial charge is 0.417 e. The van der Waals surface area contributed by atoms with Crippen LogP contribution in [0.2, 0.25) is 0 Å². The van der Waals surface area contributed by atoms with Crippen LogP contribution in [0.1, 0.15) is 0 Å². The van der Waals surface area contributed by atoms with Crippen molar-refractivity contribution in [3.63, 3.8) is 0 Å². The Kier molecular flexibility index (Phi) is 1.78. The quantitative estimate of drug-likeness (QED) is 0.767. The summed E-state index contributed by atoms with van der Waals surface area (Å²) in [7, 11) is 0. The van der Waals surface area contributed by atoms with Crippen molar-refractivity contribution < 1.29 is 9.15 Å². The minimum Gasteiger partial charge on any atom is -0.408 e. The zero-order valence-electron chi connectivity index (χ0n) is 7.95. The molecule has 1 saturated heterocycles. The molecule has 15 heavy (non-hydrogen) atoms. The van der Waals surface area contributed by atoms with Gasteiger partial charge in [0.1, 0.15) is 0 Å². The van der Waals surface area contributed by atoms with E-state index in [2.05, 4.69) is 10.3 Å². The predicted octanol–water partition coefficient (Wildman–Crippen LogP) is 0.932. The van der Waals surface area contributed by atoms with Crippen molar-refractivity contribution in [2.24, 2.45) is 0 Å². The summed E-state index contributed by atoms with van der Waals surface area (Å²) in [5, 5.41) is 3.29. The van der Waals surface area contributed by atoms with Crippen LogP contribution in [0.4, 0.5) is 5.69 Å². The molecular weight excluding hydrogens is 196 g/mol. The van der Waals surface area contributed by atoms with E-state index in [9.17, 15) is 4.79 Å². The van der Waals surface area contributed by atoms with Gasteiger partial charge in [-0.3, -0.25) is 4.98 Å². The highest BCUT2D eigenvalue weighted by atomic mass is 16.5. The topological polar surface area (TPSA) is 67.3 Å². The molecule has 78 valence electrons. The van der Waals surface area contributed by atoms with Gasteiger partial charge in [0.25, 0.3) is 0 Å². The van der Waals surface area contributed by atoms with Crippen LogP contribution in [-0.2, 0) is 4.74 Å². The number of anilines is 1. The van der Waals surface area contributed by atoms with Crippen molar-refractivity contribution in [1.82, 2.24) is 4.98 Å². The van der Waals surface area contributed by atoms with Gasteiger partial charge in [-0.15, -0.1) is 0 Å². The first-order valence-corrected chi connectivity index (χ1v) is 4.78. The van der Waals surface area contributed by atoms with E-state index in [1.54, 1.807) is 6.07 Å². The number of oxazole rings is 1. The highest BCUT2D eigenvalue weighted by Crippen LogP contribution is 2.18. The van der Waals surface area contributed by atoms with Gasteiger partial charge in [0.05, 0.1) is 24.8 Å². The zero-order chi connectivity index (χ0) is 10.3. The van der Waals surface area contributed by atoms with Crippen LogP contribution >= 0.6 is 0 Å². The zero-order valence-corrected chi connectivity index (χ0v) is 7.95. The molecule has 1 aliphatic rings. The van der Waals surface area contributed by atoms with E-state index in [1.807, 2.05) is 12.1 Å². The van der Waals surface area contributed by atoms with Crippen LogP contribution in [0.25, 0.3) is 11.1 Å². The van der Waals surface area contributed by atoms with Gasteiger partial charge in [0.2, 0.25) is 0 Å². The third-order valence-corrected chi connectivity index (χ3v) is 2.43. The molecule has 0 radical (unpaired) electrons. The van der Waals surface area contributed by atoms with E-state index in [0.29, 0.717) is 17.1 Å². The number of aromatic nitrogens is 1. The monoisotopic (exact) mass is 206 g/mol. The lowest BCUT2D eigenvalue weighted by Crippen LogP contribution is -2.40. The van der Waals surface area contributed by atoms with Crippen molar-refractivity contribution in [2.75, 3.05) is 18.5 Å². The molecule has 5 nitrogen and oxygen atoms in total. The van der Waals surface area contributed by atoms with Gasteiger partial charge in [0, 0.05) is 5.69 Å². The summed E-state index contributed by atoms with van der Waals surface area (Å²) in [6.07, 6.45) is 0. The average Bonchev–Trinajstić information content (AvgIpc) is 2.50. The lowest BCUT2D eigenvalue weighted by Gasteiger charge is -2.27. The number of rotatable bonds is 2. The normalized spacial score (nSPS) is 16.5. The molecule has 0 atom stereocenters. The van der Waals surface area contributed by atoms with Crippen LogP contribution in [0.5, 0.6) is 0 Å². The first kappa shape index (κ1) is 8.55. The minimum atomic E-state index is -0.422. The molecule has 2 aromatic rings.